The molecule has 2 aliphatic rings. The maximum Gasteiger partial charge on any atom is 0.406 e. The van der Waals surface area contributed by atoms with Gasteiger partial charge in [-0.05, 0) is 72.9 Å². The lowest BCUT2D eigenvalue weighted by molar-refractivity contribution is -0.390. The first-order valence-electron chi connectivity index (χ1n) is 8.52. The number of rotatable bonds is 6. The van der Waals surface area contributed by atoms with Crippen LogP contribution in [0.15, 0.2) is 18.3 Å². The summed E-state index contributed by atoms with van der Waals surface area (Å²) in [4.78, 5) is 26.4. The van der Waals surface area contributed by atoms with Gasteiger partial charge in [0.1, 0.15) is 6.20 Å². The summed E-state index contributed by atoms with van der Waals surface area (Å²) in [7, 11) is 0. The van der Waals surface area contributed by atoms with Crippen LogP contribution in [0.4, 0.5) is 5.82 Å². The largest absolute Gasteiger partial charge is 0.473 e. The Bertz CT molecular complexity index is 636. The molecule has 2 aliphatic carbocycles. The molecule has 7 nitrogen and oxygen atoms in total. The summed E-state index contributed by atoms with van der Waals surface area (Å²) in [6.45, 7) is 3.64. The highest BCUT2D eigenvalue weighted by Crippen LogP contribution is 2.49. The van der Waals surface area contributed by atoms with Gasteiger partial charge in [0.05, 0.1) is 0 Å². The zero-order valence-corrected chi connectivity index (χ0v) is 14.0. The van der Waals surface area contributed by atoms with Gasteiger partial charge in [-0.1, -0.05) is 6.42 Å². The number of carbonyl (C=O) groups excluding carboxylic acids is 1. The quantitative estimate of drug-likeness (QED) is 0.638. The smallest absolute Gasteiger partial charge is 0.406 e. The van der Waals surface area contributed by atoms with Gasteiger partial charge in [-0.3, -0.25) is 4.79 Å². The van der Waals surface area contributed by atoms with Gasteiger partial charge in [0.2, 0.25) is 5.75 Å². The van der Waals surface area contributed by atoms with Gasteiger partial charge in [-0.15, -0.1) is 0 Å². The molecule has 0 radical (unpaired) electrons. The molecule has 7 heteroatoms. The molecule has 0 spiro atoms. The number of amides is 1. The zero-order valence-electron chi connectivity index (χ0n) is 14.0. The maximum atomic E-state index is 12.4. The van der Waals surface area contributed by atoms with Crippen molar-refractivity contribution in [1.82, 2.24) is 10.3 Å². The summed E-state index contributed by atoms with van der Waals surface area (Å²) in [6.07, 6.45) is 5.59. The number of nitro groups is 1. The van der Waals surface area contributed by atoms with E-state index in [-0.39, 0.29) is 23.5 Å². The highest BCUT2D eigenvalue weighted by atomic mass is 16.6. The Morgan fingerprint density at radius 1 is 1.42 bits per heavy atom. The minimum Gasteiger partial charge on any atom is -0.473 e. The first kappa shape index (κ1) is 16.7. The molecule has 1 aromatic heterocycles. The first-order valence-corrected chi connectivity index (χ1v) is 8.52. The Labute approximate surface area is 140 Å². The minimum absolute atomic E-state index is 0.0118. The molecule has 3 rings (SSSR count). The highest BCUT2D eigenvalue weighted by Gasteiger charge is 2.42. The fraction of sp³-hybridized carbons (Fsp3) is 0.647. The van der Waals surface area contributed by atoms with Gasteiger partial charge >= 0.3 is 5.82 Å². The Morgan fingerprint density at radius 3 is 2.83 bits per heavy atom. The summed E-state index contributed by atoms with van der Waals surface area (Å²) in [5.41, 5.74) is 0. The molecule has 130 valence electrons. The fourth-order valence-electron chi connectivity index (χ4n) is 4.21. The summed E-state index contributed by atoms with van der Waals surface area (Å²) in [5.74, 6) is 1.47. The summed E-state index contributed by atoms with van der Waals surface area (Å²) < 4.78 is 5.48. The second-order valence-corrected chi connectivity index (χ2v) is 6.98. The fourth-order valence-corrected chi connectivity index (χ4v) is 4.21. The van der Waals surface area contributed by atoms with E-state index in [9.17, 15) is 14.9 Å². The van der Waals surface area contributed by atoms with Crippen LogP contribution < -0.4 is 10.1 Å². The average molecular weight is 333 g/mol. The third-order valence-corrected chi connectivity index (χ3v) is 5.40. The normalized spacial score (nSPS) is 27.5. The molecular formula is C17H23N3O4. The Kier molecular flexibility index (Phi) is 4.69. The zero-order chi connectivity index (χ0) is 17.3. The number of pyridine rings is 1. The molecule has 24 heavy (non-hydrogen) atoms. The van der Waals surface area contributed by atoms with Crippen molar-refractivity contribution < 1.29 is 14.5 Å². The predicted octanol–water partition coefficient (Wildman–Crippen LogP) is 2.70. The molecular weight excluding hydrogens is 310 g/mol. The van der Waals surface area contributed by atoms with Crippen LogP contribution in [0.1, 0.15) is 39.5 Å². The molecule has 0 saturated heterocycles. The van der Waals surface area contributed by atoms with Crippen LogP contribution in [0.25, 0.3) is 0 Å². The molecule has 1 aromatic rings. The number of nitrogens with zero attached hydrogens (tertiary/aromatic N) is 2. The molecule has 5 unspecified atom stereocenters. The van der Waals surface area contributed by atoms with Crippen LogP contribution in [0.2, 0.25) is 0 Å². The number of fused-ring (bicyclic) bond motifs is 2. The van der Waals surface area contributed by atoms with E-state index in [2.05, 4.69) is 10.3 Å². The third-order valence-electron chi connectivity index (χ3n) is 5.40. The Morgan fingerprint density at radius 2 is 2.21 bits per heavy atom. The topological polar surface area (TPSA) is 94.4 Å². The number of carbonyl (C=O) groups is 1. The lowest BCUT2D eigenvalue weighted by Crippen LogP contribution is -2.45. The van der Waals surface area contributed by atoms with Crippen molar-refractivity contribution in [3.63, 3.8) is 0 Å². The predicted molar refractivity (Wildman–Crippen MR) is 87.5 cm³/mol. The standard InChI is InChI=1S/C17H23N3O4/c1-10(14-9-12-5-6-13(14)8-12)19-17(21)11(2)24-15-4-3-7-18-16(15)20(22)23/h3-4,7,10-14H,5-6,8-9H2,1-2H3,(H,19,21). The van der Waals surface area contributed by atoms with E-state index in [1.54, 1.807) is 13.0 Å². The van der Waals surface area contributed by atoms with E-state index in [1.165, 1.54) is 37.9 Å². The van der Waals surface area contributed by atoms with Gasteiger partial charge in [0.25, 0.3) is 5.91 Å². The first-order chi connectivity index (χ1) is 11.5. The van der Waals surface area contributed by atoms with Crippen LogP contribution in [-0.4, -0.2) is 28.0 Å². The monoisotopic (exact) mass is 333 g/mol. The second-order valence-electron chi connectivity index (χ2n) is 6.98. The van der Waals surface area contributed by atoms with Crippen LogP contribution in [0.5, 0.6) is 5.75 Å². The van der Waals surface area contributed by atoms with E-state index in [4.69, 9.17) is 4.74 Å². The third kappa shape index (κ3) is 3.34. The van der Waals surface area contributed by atoms with Crippen molar-refractivity contribution in [3.8, 4) is 5.75 Å². The molecule has 1 N–H and O–H groups in total. The van der Waals surface area contributed by atoms with Crippen molar-refractivity contribution in [3.05, 3.63) is 28.4 Å². The van der Waals surface area contributed by atoms with Crippen LogP contribution >= 0.6 is 0 Å². The van der Waals surface area contributed by atoms with Crippen molar-refractivity contribution in [2.75, 3.05) is 0 Å². The van der Waals surface area contributed by atoms with E-state index >= 15 is 0 Å². The molecule has 1 amide bonds. The van der Waals surface area contributed by atoms with Crippen LogP contribution in [0, 0.1) is 27.9 Å². The molecule has 0 aromatic carbocycles. The average Bonchev–Trinajstić information content (AvgIpc) is 3.18. The van der Waals surface area contributed by atoms with Crippen molar-refractivity contribution in [2.24, 2.45) is 17.8 Å². The minimum atomic E-state index is -0.811. The van der Waals surface area contributed by atoms with Gasteiger partial charge in [0, 0.05) is 6.04 Å². The van der Waals surface area contributed by atoms with Crippen molar-refractivity contribution in [2.45, 2.75) is 51.7 Å². The van der Waals surface area contributed by atoms with Crippen molar-refractivity contribution in [1.29, 1.82) is 0 Å². The van der Waals surface area contributed by atoms with Gasteiger partial charge < -0.3 is 20.2 Å². The number of ether oxygens (including phenoxy) is 1. The lowest BCUT2D eigenvalue weighted by atomic mass is 9.84. The highest BCUT2D eigenvalue weighted by molar-refractivity contribution is 5.81. The molecule has 1 heterocycles. The SMILES string of the molecule is CC(Oc1cccnc1[N+](=O)[O-])C(=O)NC(C)C1CC2CCC1C2. The summed E-state index contributed by atoms with van der Waals surface area (Å²) in [6, 6.07) is 3.10. The molecule has 2 bridgehead atoms. The molecule has 5 atom stereocenters. The molecule has 2 fully saturated rings. The van der Waals surface area contributed by atoms with Gasteiger partial charge in [-0.25, -0.2) is 0 Å². The van der Waals surface area contributed by atoms with E-state index in [0.29, 0.717) is 5.92 Å². The Balaban J connectivity index is 1.58. The van der Waals surface area contributed by atoms with Gasteiger partial charge in [-0.2, -0.15) is 0 Å². The maximum absolute atomic E-state index is 12.4. The van der Waals surface area contributed by atoms with Crippen LogP contribution in [-0.2, 0) is 4.79 Å². The second kappa shape index (κ2) is 6.75. The number of aromatic nitrogens is 1. The van der Waals surface area contributed by atoms with E-state index < -0.39 is 11.0 Å². The molecule has 0 aliphatic heterocycles. The van der Waals surface area contributed by atoms with E-state index in [1.807, 2.05) is 6.92 Å². The van der Waals surface area contributed by atoms with Crippen LogP contribution in [0.3, 0.4) is 0 Å². The summed E-state index contributed by atoms with van der Waals surface area (Å²) in [5, 5.41) is 14.0. The number of hydrogen-bond acceptors (Lipinski definition) is 5. The molecule has 2 saturated carbocycles. The number of hydrogen-bond donors (Lipinski definition) is 1. The van der Waals surface area contributed by atoms with Crippen molar-refractivity contribution >= 4 is 11.7 Å². The van der Waals surface area contributed by atoms with Gasteiger partial charge in [0.15, 0.2) is 6.10 Å². The Hall–Kier alpha value is -2.18. The number of nitrogens with one attached hydrogen (secondary N) is 1. The van der Waals surface area contributed by atoms with E-state index in [0.717, 1.165) is 11.8 Å². The summed E-state index contributed by atoms with van der Waals surface area (Å²) >= 11 is 0. The lowest BCUT2D eigenvalue weighted by Gasteiger charge is -2.29.